The fraction of sp³-hybridized carbons (Fsp3) is 0.720. The van der Waals surface area contributed by atoms with Crippen LogP contribution in [0.3, 0.4) is 0 Å². The minimum absolute atomic E-state index is 0.101. The topological polar surface area (TPSA) is 26.3 Å². The Hall–Kier alpha value is -1.31. The highest BCUT2D eigenvalue weighted by molar-refractivity contribution is 5.77. The predicted octanol–water partition coefficient (Wildman–Crippen LogP) is 7.81. The molecule has 1 unspecified atom stereocenters. The lowest BCUT2D eigenvalue weighted by Crippen LogP contribution is -2.13. The van der Waals surface area contributed by atoms with Crippen LogP contribution in [0.5, 0.6) is 0 Å². The largest absolute Gasteiger partial charge is 0.465 e. The van der Waals surface area contributed by atoms with E-state index in [9.17, 15) is 4.79 Å². The fourth-order valence-electron chi connectivity index (χ4n) is 3.47. The van der Waals surface area contributed by atoms with E-state index in [2.05, 4.69) is 6.92 Å². The van der Waals surface area contributed by atoms with E-state index in [0.717, 1.165) is 12.0 Å². The van der Waals surface area contributed by atoms with Gasteiger partial charge in [-0.15, -0.1) is 0 Å². The van der Waals surface area contributed by atoms with Crippen LogP contribution in [0.2, 0.25) is 0 Å². The van der Waals surface area contributed by atoms with Gasteiger partial charge in [-0.1, -0.05) is 121 Å². The number of hydrogen-bond acceptors (Lipinski definition) is 2. The summed E-state index contributed by atoms with van der Waals surface area (Å²) in [6.07, 6.45) is 18.8. The van der Waals surface area contributed by atoms with Crippen molar-refractivity contribution < 1.29 is 9.53 Å². The van der Waals surface area contributed by atoms with E-state index in [-0.39, 0.29) is 11.9 Å². The molecule has 1 aromatic carbocycles. The first kappa shape index (κ1) is 23.7. The Morgan fingerprint density at radius 3 is 1.67 bits per heavy atom. The third-order valence-electron chi connectivity index (χ3n) is 5.40. The maximum atomic E-state index is 12.1. The van der Waals surface area contributed by atoms with Crippen LogP contribution in [-0.4, -0.2) is 12.6 Å². The summed E-state index contributed by atoms with van der Waals surface area (Å²) in [5.74, 6) is -0.270. The smallest absolute Gasteiger partial charge is 0.313 e. The second-order valence-corrected chi connectivity index (χ2v) is 7.90. The van der Waals surface area contributed by atoms with Crippen molar-refractivity contribution in [1.82, 2.24) is 0 Å². The summed E-state index contributed by atoms with van der Waals surface area (Å²) in [5.41, 5.74) is 1.03. The molecule has 0 saturated carbocycles. The third kappa shape index (κ3) is 12.7. The Morgan fingerprint density at radius 2 is 1.19 bits per heavy atom. The van der Waals surface area contributed by atoms with Crippen LogP contribution >= 0.6 is 0 Å². The lowest BCUT2D eigenvalue weighted by atomic mass is 10.0. The van der Waals surface area contributed by atoms with Crippen molar-refractivity contribution in [2.45, 2.75) is 110 Å². The molecule has 0 bridgehead atoms. The quantitative estimate of drug-likeness (QED) is 0.205. The van der Waals surface area contributed by atoms with E-state index in [1.807, 2.05) is 37.3 Å². The van der Waals surface area contributed by atoms with Crippen molar-refractivity contribution in [3.05, 3.63) is 35.9 Å². The monoisotopic (exact) mass is 374 g/mol. The van der Waals surface area contributed by atoms with Gasteiger partial charge in [0.1, 0.15) is 0 Å². The zero-order valence-electron chi connectivity index (χ0n) is 17.9. The minimum atomic E-state index is -0.169. The highest BCUT2D eigenvalue weighted by Gasteiger charge is 2.15. The van der Waals surface area contributed by atoms with Gasteiger partial charge < -0.3 is 4.74 Å². The molecule has 0 aliphatic rings. The first-order valence-corrected chi connectivity index (χ1v) is 11.5. The Labute approximate surface area is 168 Å². The second-order valence-electron chi connectivity index (χ2n) is 7.90. The molecule has 0 radical (unpaired) electrons. The summed E-state index contributed by atoms with van der Waals surface area (Å²) in [6.45, 7) is 4.76. The zero-order valence-corrected chi connectivity index (χ0v) is 17.9. The Bertz CT molecular complexity index is 455. The van der Waals surface area contributed by atoms with Gasteiger partial charge in [0, 0.05) is 0 Å². The van der Waals surface area contributed by atoms with Gasteiger partial charge >= 0.3 is 5.97 Å². The highest BCUT2D eigenvalue weighted by atomic mass is 16.5. The number of unbranched alkanes of at least 4 members (excludes halogenated alkanes) is 13. The Morgan fingerprint density at radius 1 is 0.741 bits per heavy atom. The average molecular weight is 375 g/mol. The molecule has 1 rings (SSSR count). The summed E-state index contributed by atoms with van der Waals surface area (Å²) < 4.78 is 5.43. The molecule has 1 aromatic rings. The molecule has 0 aromatic heterocycles. The van der Waals surface area contributed by atoms with Crippen LogP contribution in [0.4, 0.5) is 0 Å². The molecule has 0 aliphatic carbocycles. The zero-order chi connectivity index (χ0) is 19.6. The normalized spacial score (nSPS) is 12.1. The molecular weight excluding hydrogens is 332 g/mol. The summed E-state index contributed by atoms with van der Waals surface area (Å²) >= 11 is 0. The van der Waals surface area contributed by atoms with Crippen molar-refractivity contribution in [1.29, 1.82) is 0 Å². The molecule has 2 heteroatoms. The van der Waals surface area contributed by atoms with Crippen molar-refractivity contribution in [2.75, 3.05) is 6.61 Å². The number of esters is 1. The van der Waals surface area contributed by atoms with Crippen LogP contribution < -0.4 is 0 Å². The van der Waals surface area contributed by atoms with Crippen molar-refractivity contribution in [2.24, 2.45) is 0 Å². The van der Waals surface area contributed by atoms with Gasteiger partial charge in [-0.25, -0.2) is 0 Å². The molecule has 154 valence electrons. The molecule has 0 fully saturated rings. The van der Waals surface area contributed by atoms with Crippen molar-refractivity contribution in [3.8, 4) is 0 Å². The Balaban J connectivity index is 1.84. The van der Waals surface area contributed by atoms with Gasteiger partial charge in [-0.05, 0) is 18.9 Å². The van der Waals surface area contributed by atoms with E-state index >= 15 is 0 Å². The van der Waals surface area contributed by atoms with Crippen molar-refractivity contribution >= 4 is 5.97 Å². The van der Waals surface area contributed by atoms with Crippen LogP contribution in [0.1, 0.15) is 115 Å². The summed E-state index contributed by atoms with van der Waals surface area (Å²) in [6, 6.07) is 9.87. The predicted molar refractivity (Wildman–Crippen MR) is 116 cm³/mol. The molecular formula is C25H42O2. The average Bonchev–Trinajstić information content (AvgIpc) is 2.70. The van der Waals surface area contributed by atoms with E-state index < -0.39 is 0 Å². The number of hydrogen-bond donors (Lipinski definition) is 0. The second kappa shape index (κ2) is 16.8. The van der Waals surface area contributed by atoms with Crippen LogP contribution in [-0.2, 0) is 9.53 Å². The van der Waals surface area contributed by atoms with Gasteiger partial charge in [0.15, 0.2) is 0 Å². The highest BCUT2D eigenvalue weighted by Crippen LogP contribution is 2.17. The van der Waals surface area contributed by atoms with E-state index in [0.29, 0.717) is 6.61 Å². The van der Waals surface area contributed by atoms with E-state index in [4.69, 9.17) is 4.74 Å². The molecule has 1 atom stereocenters. The standard InChI is InChI=1S/C25H42O2/c1-3-4-5-6-7-8-9-10-11-12-13-14-15-19-22-27-25(26)23(2)24-20-17-16-18-21-24/h16-18,20-21,23H,3-15,19,22H2,1-2H3. The number of ether oxygens (including phenoxy) is 1. The van der Waals surface area contributed by atoms with Crippen molar-refractivity contribution in [3.63, 3.8) is 0 Å². The minimum Gasteiger partial charge on any atom is -0.465 e. The van der Waals surface area contributed by atoms with Crippen LogP contribution in [0.15, 0.2) is 30.3 Å². The van der Waals surface area contributed by atoms with Gasteiger partial charge in [0.05, 0.1) is 12.5 Å². The van der Waals surface area contributed by atoms with Gasteiger partial charge in [-0.3, -0.25) is 4.79 Å². The Kier molecular flexibility index (Phi) is 14.8. The molecule has 27 heavy (non-hydrogen) atoms. The number of benzene rings is 1. The van der Waals surface area contributed by atoms with Gasteiger partial charge in [0.2, 0.25) is 0 Å². The maximum Gasteiger partial charge on any atom is 0.313 e. The van der Waals surface area contributed by atoms with E-state index in [1.54, 1.807) is 0 Å². The lowest BCUT2D eigenvalue weighted by molar-refractivity contribution is -0.145. The van der Waals surface area contributed by atoms with E-state index in [1.165, 1.54) is 83.5 Å². The molecule has 0 spiro atoms. The molecule has 0 heterocycles. The van der Waals surface area contributed by atoms with Crippen LogP contribution in [0, 0.1) is 0 Å². The SMILES string of the molecule is CCCCCCCCCCCCCCCCOC(=O)C(C)c1ccccc1. The van der Waals surface area contributed by atoms with Crippen LogP contribution in [0.25, 0.3) is 0 Å². The fourth-order valence-corrected chi connectivity index (χ4v) is 3.47. The molecule has 2 nitrogen and oxygen atoms in total. The lowest BCUT2D eigenvalue weighted by Gasteiger charge is -2.11. The third-order valence-corrected chi connectivity index (χ3v) is 5.40. The first-order chi connectivity index (χ1) is 13.3. The number of carbonyl (C=O) groups excluding carboxylic acids is 1. The number of carbonyl (C=O) groups is 1. The summed E-state index contributed by atoms with van der Waals surface area (Å²) in [7, 11) is 0. The molecule has 0 saturated heterocycles. The van der Waals surface area contributed by atoms with Gasteiger partial charge in [-0.2, -0.15) is 0 Å². The summed E-state index contributed by atoms with van der Waals surface area (Å²) in [5, 5.41) is 0. The molecule has 0 amide bonds. The maximum absolute atomic E-state index is 12.1. The summed E-state index contributed by atoms with van der Waals surface area (Å²) in [4.78, 5) is 12.1. The number of rotatable bonds is 17. The first-order valence-electron chi connectivity index (χ1n) is 11.5. The van der Waals surface area contributed by atoms with Gasteiger partial charge in [0.25, 0.3) is 0 Å². The molecule has 0 N–H and O–H groups in total. The molecule has 0 aliphatic heterocycles.